The minimum Gasteiger partial charge on any atom is -0.408 e. The lowest BCUT2D eigenvalue weighted by Gasteiger charge is -2.11. The summed E-state index contributed by atoms with van der Waals surface area (Å²) < 4.78 is 6.99. The van der Waals surface area contributed by atoms with Crippen LogP contribution in [0.5, 0.6) is 0 Å². The fourth-order valence-corrected chi connectivity index (χ4v) is 2.05. The number of fused-ring (bicyclic) bond motifs is 1. The van der Waals surface area contributed by atoms with Crippen molar-refractivity contribution in [3.63, 3.8) is 0 Å². The van der Waals surface area contributed by atoms with E-state index in [1.54, 1.807) is 4.57 Å². The number of benzene rings is 1. The summed E-state index contributed by atoms with van der Waals surface area (Å²) in [5.41, 5.74) is 2.79. The highest BCUT2D eigenvalue weighted by Gasteiger charge is 2.16. The summed E-state index contributed by atoms with van der Waals surface area (Å²) in [6, 6.07) is 5.96. The highest BCUT2D eigenvalue weighted by atomic mass is 16.4. The average Bonchev–Trinajstić information content (AvgIpc) is 2.52. The largest absolute Gasteiger partial charge is 0.420 e. The van der Waals surface area contributed by atoms with Crippen LogP contribution in [0.4, 0.5) is 0 Å². The number of aromatic nitrogens is 1. The molecule has 2 aromatic rings. The van der Waals surface area contributed by atoms with E-state index in [9.17, 15) is 4.79 Å². The summed E-state index contributed by atoms with van der Waals surface area (Å²) in [5.74, 6) is 0.115. The Bertz CT molecular complexity index is 561. The second-order valence-electron chi connectivity index (χ2n) is 4.68. The van der Waals surface area contributed by atoms with Gasteiger partial charge in [0.05, 0.1) is 5.52 Å². The number of oxazole rings is 1. The molecule has 2 rings (SSSR count). The van der Waals surface area contributed by atoms with Crippen molar-refractivity contribution in [3.8, 4) is 0 Å². The molecule has 3 nitrogen and oxygen atoms in total. The maximum absolute atomic E-state index is 11.8. The zero-order valence-corrected chi connectivity index (χ0v) is 10.2. The van der Waals surface area contributed by atoms with Crippen molar-refractivity contribution in [3.05, 3.63) is 34.3 Å². The van der Waals surface area contributed by atoms with E-state index in [1.165, 1.54) is 0 Å². The average molecular weight is 219 g/mol. The number of para-hydroxylation sites is 1. The SMILES string of the molecule is CC(C)c1cccc2oc(=O)n(C(C)C)c12. The summed E-state index contributed by atoms with van der Waals surface area (Å²) in [7, 11) is 0. The molecule has 1 heterocycles. The molecule has 0 unspecified atom stereocenters. The van der Waals surface area contributed by atoms with E-state index in [0.29, 0.717) is 11.5 Å². The fourth-order valence-electron chi connectivity index (χ4n) is 2.05. The van der Waals surface area contributed by atoms with Gasteiger partial charge in [0, 0.05) is 6.04 Å². The Kier molecular flexibility index (Phi) is 2.62. The van der Waals surface area contributed by atoms with Gasteiger partial charge in [-0.1, -0.05) is 26.0 Å². The molecule has 16 heavy (non-hydrogen) atoms. The van der Waals surface area contributed by atoms with Crippen LogP contribution in [0.25, 0.3) is 11.1 Å². The van der Waals surface area contributed by atoms with Crippen LogP contribution in [0.2, 0.25) is 0 Å². The van der Waals surface area contributed by atoms with Crippen molar-refractivity contribution < 1.29 is 4.42 Å². The molecule has 0 saturated carbocycles. The molecule has 0 radical (unpaired) electrons. The van der Waals surface area contributed by atoms with Crippen LogP contribution in [-0.4, -0.2) is 4.57 Å². The Labute approximate surface area is 94.7 Å². The molecule has 1 aromatic carbocycles. The maximum atomic E-state index is 11.8. The molecule has 0 N–H and O–H groups in total. The predicted octanol–water partition coefficient (Wildman–Crippen LogP) is 3.30. The highest BCUT2D eigenvalue weighted by Crippen LogP contribution is 2.26. The molecule has 86 valence electrons. The Balaban J connectivity index is 2.89. The summed E-state index contributed by atoms with van der Waals surface area (Å²) in [5, 5.41) is 0. The standard InChI is InChI=1S/C13H17NO2/c1-8(2)10-6-5-7-11-12(10)14(9(3)4)13(15)16-11/h5-9H,1-4H3. The lowest BCUT2D eigenvalue weighted by Crippen LogP contribution is -2.16. The van der Waals surface area contributed by atoms with Gasteiger partial charge in [0.15, 0.2) is 5.58 Å². The van der Waals surface area contributed by atoms with Crippen molar-refractivity contribution in [2.75, 3.05) is 0 Å². The number of hydrogen-bond donors (Lipinski definition) is 0. The van der Waals surface area contributed by atoms with Gasteiger partial charge in [0.25, 0.3) is 0 Å². The maximum Gasteiger partial charge on any atom is 0.420 e. The van der Waals surface area contributed by atoms with Gasteiger partial charge >= 0.3 is 5.76 Å². The minimum atomic E-state index is -0.266. The van der Waals surface area contributed by atoms with Crippen molar-refractivity contribution in [1.29, 1.82) is 0 Å². The molecule has 0 fully saturated rings. The molecular formula is C13H17NO2. The van der Waals surface area contributed by atoms with Gasteiger partial charge in [-0.05, 0) is 31.4 Å². The third-order valence-corrected chi connectivity index (χ3v) is 2.80. The third-order valence-electron chi connectivity index (χ3n) is 2.80. The molecule has 0 atom stereocenters. The first-order chi connectivity index (χ1) is 7.52. The molecule has 0 bridgehead atoms. The second kappa shape index (κ2) is 3.81. The lowest BCUT2D eigenvalue weighted by atomic mass is 10.0. The van der Waals surface area contributed by atoms with E-state index in [4.69, 9.17) is 4.42 Å². The van der Waals surface area contributed by atoms with Gasteiger partial charge in [-0.3, -0.25) is 4.57 Å². The smallest absolute Gasteiger partial charge is 0.408 e. The fraction of sp³-hybridized carbons (Fsp3) is 0.462. The quantitative estimate of drug-likeness (QED) is 0.776. The van der Waals surface area contributed by atoms with Crippen molar-refractivity contribution >= 4 is 11.1 Å². The summed E-state index contributed by atoms with van der Waals surface area (Å²) >= 11 is 0. The van der Waals surface area contributed by atoms with Crippen LogP contribution < -0.4 is 5.76 Å². The second-order valence-corrected chi connectivity index (χ2v) is 4.68. The molecule has 0 saturated heterocycles. The Morgan fingerprint density at radius 3 is 2.44 bits per heavy atom. The summed E-state index contributed by atoms with van der Waals surface area (Å²) in [6.07, 6.45) is 0. The van der Waals surface area contributed by atoms with Crippen molar-refractivity contribution in [2.24, 2.45) is 0 Å². The number of rotatable bonds is 2. The molecule has 0 amide bonds. The van der Waals surface area contributed by atoms with Gasteiger partial charge in [-0.15, -0.1) is 0 Å². The number of hydrogen-bond acceptors (Lipinski definition) is 2. The topological polar surface area (TPSA) is 35.1 Å². The summed E-state index contributed by atoms with van der Waals surface area (Å²) in [6.45, 7) is 8.23. The van der Waals surface area contributed by atoms with Crippen LogP contribution in [-0.2, 0) is 0 Å². The van der Waals surface area contributed by atoms with Crippen LogP contribution in [0.15, 0.2) is 27.4 Å². The van der Waals surface area contributed by atoms with E-state index in [-0.39, 0.29) is 11.8 Å². The molecular weight excluding hydrogens is 202 g/mol. The molecule has 0 aliphatic heterocycles. The summed E-state index contributed by atoms with van der Waals surface area (Å²) in [4.78, 5) is 11.8. The van der Waals surface area contributed by atoms with E-state index in [2.05, 4.69) is 19.9 Å². The molecule has 0 spiro atoms. The Morgan fingerprint density at radius 2 is 1.88 bits per heavy atom. The predicted molar refractivity (Wildman–Crippen MR) is 64.9 cm³/mol. The zero-order valence-electron chi connectivity index (χ0n) is 10.2. The van der Waals surface area contributed by atoms with Crippen LogP contribution >= 0.6 is 0 Å². The third kappa shape index (κ3) is 1.56. The molecule has 0 aliphatic rings. The van der Waals surface area contributed by atoms with E-state index >= 15 is 0 Å². The van der Waals surface area contributed by atoms with Crippen LogP contribution in [0, 0.1) is 0 Å². The molecule has 1 aromatic heterocycles. The Hall–Kier alpha value is -1.51. The van der Waals surface area contributed by atoms with Gasteiger partial charge in [0.2, 0.25) is 0 Å². The first-order valence-corrected chi connectivity index (χ1v) is 5.66. The first-order valence-electron chi connectivity index (χ1n) is 5.66. The highest BCUT2D eigenvalue weighted by molar-refractivity contribution is 5.77. The Morgan fingerprint density at radius 1 is 1.19 bits per heavy atom. The van der Waals surface area contributed by atoms with Crippen LogP contribution in [0.3, 0.4) is 0 Å². The van der Waals surface area contributed by atoms with Gasteiger partial charge < -0.3 is 4.42 Å². The number of nitrogens with zero attached hydrogens (tertiary/aromatic N) is 1. The van der Waals surface area contributed by atoms with Gasteiger partial charge in [-0.25, -0.2) is 4.79 Å². The van der Waals surface area contributed by atoms with E-state index in [0.717, 1.165) is 11.1 Å². The van der Waals surface area contributed by atoms with Gasteiger partial charge in [-0.2, -0.15) is 0 Å². The van der Waals surface area contributed by atoms with Crippen molar-refractivity contribution in [2.45, 2.75) is 39.7 Å². The molecule has 3 heteroatoms. The van der Waals surface area contributed by atoms with E-state index < -0.39 is 0 Å². The molecule has 0 aliphatic carbocycles. The normalized spacial score (nSPS) is 11.9. The van der Waals surface area contributed by atoms with Gasteiger partial charge in [0.1, 0.15) is 0 Å². The monoisotopic (exact) mass is 219 g/mol. The van der Waals surface area contributed by atoms with E-state index in [1.807, 2.05) is 26.0 Å². The lowest BCUT2D eigenvalue weighted by molar-refractivity contribution is 0.478. The zero-order chi connectivity index (χ0) is 11.9. The van der Waals surface area contributed by atoms with Crippen LogP contribution in [0.1, 0.15) is 45.2 Å². The minimum absolute atomic E-state index is 0.119. The first kappa shape index (κ1) is 11.0. The van der Waals surface area contributed by atoms with Crippen molar-refractivity contribution in [1.82, 2.24) is 4.57 Å².